The molecule has 0 spiro atoms. The number of carbonyl (C=O) groups is 1. The summed E-state index contributed by atoms with van der Waals surface area (Å²) >= 11 is 0. The quantitative estimate of drug-likeness (QED) is 0.813. The average Bonchev–Trinajstić information content (AvgIpc) is 3.25. The Hall–Kier alpha value is -2.22. The van der Waals surface area contributed by atoms with E-state index in [1.54, 1.807) is 0 Å². The fourth-order valence-corrected chi connectivity index (χ4v) is 4.11. The molecule has 0 radical (unpaired) electrons. The molecule has 2 aliphatic heterocycles. The smallest absolute Gasteiger partial charge is 0.292 e. The highest BCUT2D eigenvalue weighted by molar-refractivity contribution is 5.93. The van der Waals surface area contributed by atoms with Crippen molar-refractivity contribution < 1.29 is 18.4 Å². The first-order valence-electron chi connectivity index (χ1n) is 9.96. The topological polar surface area (TPSA) is 94.5 Å². The molecule has 0 aromatic carbocycles. The summed E-state index contributed by atoms with van der Waals surface area (Å²) in [7, 11) is 0. The first-order chi connectivity index (χ1) is 13.3. The number of hydrogen-bond acceptors (Lipinski definition) is 7. The van der Waals surface area contributed by atoms with Gasteiger partial charge in [0.05, 0.1) is 5.69 Å². The van der Waals surface area contributed by atoms with Crippen molar-refractivity contribution >= 4 is 5.91 Å². The van der Waals surface area contributed by atoms with Crippen LogP contribution in [0.3, 0.4) is 0 Å². The van der Waals surface area contributed by atoms with E-state index in [1.165, 1.54) is 6.39 Å². The van der Waals surface area contributed by atoms with Gasteiger partial charge < -0.3 is 18.5 Å². The first kappa shape index (κ1) is 16.9. The van der Waals surface area contributed by atoms with Gasteiger partial charge in [0.25, 0.3) is 5.91 Å². The van der Waals surface area contributed by atoms with Gasteiger partial charge in [-0.2, -0.15) is 0 Å². The Morgan fingerprint density at radius 2 is 1.81 bits per heavy atom. The fourth-order valence-electron chi connectivity index (χ4n) is 4.11. The van der Waals surface area contributed by atoms with E-state index in [9.17, 15) is 4.79 Å². The van der Waals surface area contributed by atoms with Gasteiger partial charge in [-0.1, -0.05) is 0 Å². The molecule has 3 aliphatic rings. The molecular formula is C19H24N4O4. The standard InChI is InChI=1S/C19H24N4O4/c24-19(16-15(12-4-5-12)20-11-26-16)23-8-2-1-3-14(23)18-22-21-17(27-18)13-6-9-25-10-7-13/h11-14H,1-10H2. The van der Waals surface area contributed by atoms with Crippen LogP contribution in [0, 0.1) is 0 Å². The largest absolute Gasteiger partial charge is 0.438 e. The van der Waals surface area contributed by atoms with Gasteiger partial charge in [0, 0.05) is 31.6 Å². The highest BCUT2D eigenvalue weighted by Gasteiger charge is 2.38. The van der Waals surface area contributed by atoms with Crippen molar-refractivity contribution in [2.24, 2.45) is 0 Å². The third kappa shape index (κ3) is 3.26. The summed E-state index contributed by atoms with van der Waals surface area (Å²) in [5, 5.41) is 8.58. The molecule has 2 aromatic heterocycles. The lowest BCUT2D eigenvalue weighted by Crippen LogP contribution is -2.39. The first-order valence-corrected chi connectivity index (χ1v) is 9.96. The second kappa shape index (κ2) is 7.07. The second-order valence-electron chi connectivity index (χ2n) is 7.72. The highest BCUT2D eigenvalue weighted by Crippen LogP contribution is 2.42. The van der Waals surface area contributed by atoms with Crippen molar-refractivity contribution in [1.82, 2.24) is 20.1 Å². The number of carbonyl (C=O) groups excluding carboxylic acids is 1. The van der Waals surface area contributed by atoms with Crippen LogP contribution in [-0.2, 0) is 4.74 Å². The third-order valence-electron chi connectivity index (χ3n) is 5.83. The van der Waals surface area contributed by atoms with Crippen LogP contribution < -0.4 is 0 Å². The number of likely N-dealkylation sites (tertiary alicyclic amines) is 1. The van der Waals surface area contributed by atoms with E-state index >= 15 is 0 Å². The van der Waals surface area contributed by atoms with Crippen LogP contribution in [0.2, 0.25) is 0 Å². The molecule has 1 atom stereocenters. The Bertz CT molecular complexity index is 806. The number of aromatic nitrogens is 3. The highest BCUT2D eigenvalue weighted by atomic mass is 16.5. The zero-order valence-electron chi connectivity index (χ0n) is 15.3. The fraction of sp³-hybridized carbons (Fsp3) is 0.684. The number of nitrogens with zero attached hydrogens (tertiary/aromatic N) is 4. The Kier molecular flexibility index (Phi) is 4.43. The number of ether oxygens (including phenoxy) is 1. The van der Waals surface area contributed by atoms with E-state index in [0.717, 1.165) is 63.9 Å². The molecule has 5 rings (SSSR count). The molecule has 2 saturated heterocycles. The van der Waals surface area contributed by atoms with E-state index in [4.69, 9.17) is 13.6 Å². The summed E-state index contributed by atoms with van der Waals surface area (Å²) in [6.07, 6.45) is 8.17. The van der Waals surface area contributed by atoms with Gasteiger partial charge in [-0.15, -0.1) is 10.2 Å². The zero-order chi connectivity index (χ0) is 18.2. The second-order valence-corrected chi connectivity index (χ2v) is 7.72. The summed E-state index contributed by atoms with van der Waals surface area (Å²) in [6.45, 7) is 2.13. The molecule has 4 heterocycles. The van der Waals surface area contributed by atoms with Crippen molar-refractivity contribution in [3.8, 4) is 0 Å². The van der Waals surface area contributed by atoms with Crippen molar-refractivity contribution in [2.75, 3.05) is 19.8 Å². The van der Waals surface area contributed by atoms with Crippen molar-refractivity contribution in [1.29, 1.82) is 0 Å². The molecule has 1 aliphatic carbocycles. The maximum Gasteiger partial charge on any atom is 0.292 e. The minimum atomic E-state index is -0.190. The van der Waals surface area contributed by atoms with Crippen LogP contribution in [0.5, 0.6) is 0 Å². The SMILES string of the molecule is O=C(c1ocnc1C1CC1)N1CCCCC1c1nnc(C2CCOCC2)o1. The summed E-state index contributed by atoms with van der Waals surface area (Å²) in [4.78, 5) is 19.3. The Labute approximate surface area is 157 Å². The maximum absolute atomic E-state index is 13.2. The molecule has 1 unspecified atom stereocenters. The minimum absolute atomic E-state index is 0.107. The van der Waals surface area contributed by atoms with Gasteiger partial charge in [-0.05, 0) is 44.9 Å². The minimum Gasteiger partial charge on any atom is -0.438 e. The monoisotopic (exact) mass is 372 g/mol. The van der Waals surface area contributed by atoms with Crippen LogP contribution in [-0.4, -0.2) is 45.7 Å². The normalized spacial score (nSPS) is 24.3. The molecule has 27 heavy (non-hydrogen) atoms. The average molecular weight is 372 g/mol. The summed E-state index contributed by atoms with van der Waals surface area (Å²) < 4.78 is 16.9. The third-order valence-corrected chi connectivity index (χ3v) is 5.83. The number of amides is 1. The Morgan fingerprint density at radius 1 is 1.00 bits per heavy atom. The number of oxazole rings is 1. The molecule has 2 aromatic rings. The van der Waals surface area contributed by atoms with E-state index in [2.05, 4.69) is 15.2 Å². The van der Waals surface area contributed by atoms with Crippen molar-refractivity contribution in [2.45, 2.75) is 62.8 Å². The predicted molar refractivity (Wildman–Crippen MR) is 93.2 cm³/mol. The molecular weight excluding hydrogens is 348 g/mol. The van der Waals surface area contributed by atoms with Crippen molar-refractivity contribution in [3.63, 3.8) is 0 Å². The molecule has 0 bridgehead atoms. The van der Waals surface area contributed by atoms with Gasteiger partial charge in [0.15, 0.2) is 6.39 Å². The lowest BCUT2D eigenvalue weighted by molar-refractivity contribution is 0.0529. The number of rotatable bonds is 4. The van der Waals surface area contributed by atoms with Gasteiger partial charge in [0.1, 0.15) is 6.04 Å². The number of piperidine rings is 1. The van der Waals surface area contributed by atoms with Crippen molar-refractivity contribution in [3.05, 3.63) is 29.6 Å². The molecule has 8 heteroatoms. The van der Waals surface area contributed by atoms with Crippen LogP contribution in [0.4, 0.5) is 0 Å². The Morgan fingerprint density at radius 3 is 2.63 bits per heavy atom. The molecule has 1 saturated carbocycles. The van der Waals surface area contributed by atoms with Gasteiger partial charge in [0.2, 0.25) is 17.5 Å². The molecule has 0 N–H and O–H groups in total. The van der Waals surface area contributed by atoms with Crippen LogP contribution in [0.15, 0.2) is 15.2 Å². The summed E-state index contributed by atoms with van der Waals surface area (Å²) in [6, 6.07) is -0.190. The molecule has 3 fully saturated rings. The summed E-state index contributed by atoms with van der Waals surface area (Å²) in [5.74, 6) is 2.11. The molecule has 1 amide bonds. The van der Waals surface area contributed by atoms with E-state index in [1.807, 2.05) is 4.90 Å². The van der Waals surface area contributed by atoms with E-state index < -0.39 is 0 Å². The van der Waals surface area contributed by atoms with Gasteiger partial charge >= 0.3 is 0 Å². The van der Waals surface area contributed by atoms with E-state index in [-0.39, 0.29) is 17.9 Å². The predicted octanol–water partition coefficient (Wildman–Crippen LogP) is 3.20. The number of hydrogen-bond donors (Lipinski definition) is 0. The summed E-state index contributed by atoms with van der Waals surface area (Å²) in [5.41, 5.74) is 0.803. The lowest BCUT2D eigenvalue weighted by Gasteiger charge is -2.33. The lowest BCUT2D eigenvalue weighted by atomic mass is 10.0. The van der Waals surface area contributed by atoms with E-state index in [0.29, 0.717) is 30.0 Å². The Balaban J connectivity index is 1.38. The molecule has 8 nitrogen and oxygen atoms in total. The zero-order valence-corrected chi connectivity index (χ0v) is 15.3. The van der Waals surface area contributed by atoms with Gasteiger partial charge in [-0.25, -0.2) is 4.98 Å². The van der Waals surface area contributed by atoms with Gasteiger partial charge in [-0.3, -0.25) is 4.79 Å². The van der Waals surface area contributed by atoms with Crippen LogP contribution in [0.1, 0.15) is 90.9 Å². The van der Waals surface area contributed by atoms with Crippen LogP contribution >= 0.6 is 0 Å². The maximum atomic E-state index is 13.2. The van der Waals surface area contributed by atoms with Crippen LogP contribution in [0.25, 0.3) is 0 Å². The molecule has 144 valence electrons.